The third-order valence-electron chi connectivity index (χ3n) is 3.73. The van der Waals surface area contributed by atoms with Crippen LogP contribution in [0.3, 0.4) is 0 Å². The van der Waals surface area contributed by atoms with E-state index in [0.29, 0.717) is 5.92 Å². The number of allylic oxidation sites excluding steroid dienone is 12. The Bertz CT molecular complexity index is 589. The minimum atomic E-state index is -0.286. The Balaban J connectivity index is 2.49. The molecule has 2 aliphatic rings. The molecule has 0 radical (unpaired) electrons. The van der Waals surface area contributed by atoms with Crippen LogP contribution in [0.2, 0.25) is 0 Å². The zero-order valence-electron chi connectivity index (χ0n) is 13.7. The van der Waals surface area contributed by atoms with Crippen LogP contribution in [-0.2, 0) is 0 Å². The first-order valence-corrected chi connectivity index (χ1v) is 7.57. The van der Waals surface area contributed by atoms with Gasteiger partial charge in [0.05, 0.1) is 0 Å². The number of hydrogen-bond acceptors (Lipinski definition) is 0. The van der Waals surface area contributed by atoms with E-state index >= 15 is 0 Å². The van der Waals surface area contributed by atoms with Crippen molar-refractivity contribution in [3.8, 4) is 0 Å². The quantitative estimate of drug-likeness (QED) is 0.512. The lowest BCUT2D eigenvalue weighted by Gasteiger charge is -2.22. The normalized spacial score (nSPS) is 32.7. The Hall–Kier alpha value is -1.63. The second kappa shape index (κ2) is 5.63. The number of halogens is 1. The van der Waals surface area contributed by atoms with Crippen LogP contribution in [0.1, 0.15) is 34.6 Å². The lowest BCUT2D eigenvalue weighted by atomic mass is 9.83. The Labute approximate surface area is 128 Å². The fourth-order valence-corrected chi connectivity index (χ4v) is 2.64. The van der Waals surface area contributed by atoms with Gasteiger partial charge in [-0.25, -0.2) is 4.39 Å². The van der Waals surface area contributed by atoms with Crippen LogP contribution >= 0.6 is 0 Å². The van der Waals surface area contributed by atoms with Crippen LogP contribution in [-0.4, -0.2) is 0 Å². The molecule has 0 fully saturated rings. The molecule has 0 nitrogen and oxygen atoms in total. The van der Waals surface area contributed by atoms with E-state index in [9.17, 15) is 4.39 Å². The molecule has 1 heteroatoms. The first kappa shape index (κ1) is 15.8. The molecule has 0 amide bonds. The van der Waals surface area contributed by atoms with Crippen molar-refractivity contribution < 1.29 is 4.39 Å². The van der Waals surface area contributed by atoms with Crippen LogP contribution in [0.4, 0.5) is 4.39 Å². The van der Waals surface area contributed by atoms with Crippen molar-refractivity contribution in [2.24, 2.45) is 16.7 Å². The summed E-state index contributed by atoms with van der Waals surface area (Å²) < 4.78 is 13.7. The molecule has 1 atom stereocenters. The van der Waals surface area contributed by atoms with Gasteiger partial charge in [0.15, 0.2) is 0 Å². The SMILES string of the molecule is C[C@H]1/C=C\C(C2=CC(C)(C)C=C(F)C=C2)=C/C(C)(C)/C=C\1. The minimum absolute atomic E-state index is 0.00848. The zero-order chi connectivity index (χ0) is 15.7. The molecular formula is C20H25F. The average molecular weight is 284 g/mol. The molecule has 0 N–H and O–H groups in total. The van der Waals surface area contributed by atoms with E-state index in [2.05, 4.69) is 57.2 Å². The fraction of sp³-hybridized carbons (Fsp3) is 0.400. The summed E-state index contributed by atoms with van der Waals surface area (Å²) in [6.07, 6.45) is 18.3. The summed E-state index contributed by atoms with van der Waals surface area (Å²) in [5.41, 5.74) is 1.94. The second-order valence-corrected chi connectivity index (χ2v) is 7.28. The largest absolute Gasteiger partial charge is 0.207 e. The molecule has 0 aromatic rings. The summed E-state index contributed by atoms with van der Waals surface area (Å²) in [5.74, 6) is 0.236. The van der Waals surface area contributed by atoms with Gasteiger partial charge in [0.2, 0.25) is 0 Å². The van der Waals surface area contributed by atoms with Crippen LogP contribution in [0.25, 0.3) is 0 Å². The molecule has 2 rings (SSSR count). The maximum absolute atomic E-state index is 13.7. The van der Waals surface area contributed by atoms with E-state index in [0.717, 1.165) is 11.1 Å². The third-order valence-corrected chi connectivity index (χ3v) is 3.73. The van der Waals surface area contributed by atoms with Crippen LogP contribution in [0.5, 0.6) is 0 Å². The van der Waals surface area contributed by atoms with Crippen molar-refractivity contribution in [1.82, 2.24) is 0 Å². The van der Waals surface area contributed by atoms with Crippen molar-refractivity contribution >= 4 is 0 Å². The fourth-order valence-electron chi connectivity index (χ4n) is 2.64. The van der Waals surface area contributed by atoms with E-state index in [1.165, 1.54) is 0 Å². The van der Waals surface area contributed by atoms with Gasteiger partial charge >= 0.3 is 0 Å². The first-order chi connectivity index (χ1) is 9.67. The molecule has 0 heterocycles. The van der Waals surface area contributed by atoms with Gasteiger partial charge in [-0.3, -0.25) is 0 Å². The molecule has 0 spiro atoms. The highest BCUT2D eigenvalue weighted by Gasteiger charge is 2.19. The molecule has 0 saturated heterocycles. The number of hydrogen-bond donors (Lipinski definition) is 0. The summed E-state index contributed by atoms with van der Waals surface area (Å²) in [6, 6.07) is 0. The van der Waals surface area contributed by atoms with Gasteiger partial charge in [0.25, 0.3) is 0 Å². The Morgan fingerprint density at radius 1 is 0.810 bits per heavy atom. The van der Waals surface area contributed by atoms with Crippen molar-refractivity contribution in [3.63, 3.8) is 0 Å². The molecule has 0 aromatic carbocycles. The smallest absolute Gasteiger partial charge is 0.120 e. The van der Waals surface area contributed by atoms with Crippen molar-refractivity contribution in [2.75, 3.05) is 0 Å². The first-order valence-electron chi connectivity index (χ1n) is 7.57. The minimum Gasteiger partial charge on any atom is -0.207 e. The molecule has 2 aliphatic carbocycles. The third kappa shape index (κ3) is 4.42. The van der Waals surface area contributed by atoms with Gasteiger partial charge in [0, 0.05) is 10.8 Å². The summed E-state index contributed by atoms with van der Waals surface area (Å²) in [7, 11) is 0. The number of rotatable bonds is 1. The van der Waals surface area contributed by atoms with Gasteiger partial charge in [-0.05, 0) is 29.2 Å². The van der Waals surface area contributed by atoms with Crippen LogP contribution in [0.15, 0.2) is 71.7 Å². The van der Waals surface area contributed by atoms with Gasteiger partial charge in [-0.2, -0.15) is 0 Å². The Morgan fingerprint density at radius 2 is 1.43 bits per heavy atom. The van der Waals surface area contributed by atoms with Crippen LogP contribution < -0.4 is 0 Å². The second-order valence-electron chi connectivity index (χ2n) is 7.28. The van der Waals surface area contributed by atoms with E-state index in [-0.39, 0.29) is 16.7 Å². The standard InChI is InChI=1S/C20H25F/c1-15-6-7-16(12-19(2,3)11-10-15)17-8-9-18(21)14-20(4,5)13-17/h6-15H,1-5H3/b7-6-,11-10-,16-12+/t15-/m0/s1. The summed E-state index contributed by atoms with van der Waals surface area (Å²) in [6.45, 7) is 10.6. The van der Waals surface area contributed by atoms with E-state index in [1.807, 2.05) is 19.9 Å². The highest BCUT2D eigenvalue weighted by molar-refractivity contribution is 5.51. The predicted molar refractivity (Wildman–Crippen MR) is 89.5 cm³/mol. The molecule has 0 saturated carbocycles. The van der Waals surface area contributed by atoms with Gasteiger partial charge < -0.3 is 0 Å². The highest BCUT2D eigenvalue weighted by Crippen LogP contribution is 2.33. The molecular weight excluding hydrogens is 259 g/mol. The maximum atomic E-state index is 13.7. The van der Waals surface area contributed by atoms with Crippen molar-refractivity contribution in [2.45, 2.75) is 34.6 Å². The van der Waals surface area contributed by atoms with Crippen LogP contribution in [0, 0.1) is 16.7 Å². The summed E-state index contributed by atoms with van der Waals surface area (Å²) in [4.78, 5) is 0. The monoisotopic (exact) mass is 284 g/mol. The van der Waals surface area contributed by atoms with Crippen molar-refractivity contribution in [1.29, 1.82) is 0 Å². The molecule has 0 aromatic heterocycles. The molecule has 0 unspecified atom stereocenters. The maximum Gasteiger partial charge on any atom is 0.120 e. The molecule has 112 valence electrons. The zero-order valence-corrected chi connectivity index (χ0v) is 13.7. The average Bonchev–Trinajstić information content (AvgIpc) is 2.48. The van der Waals surface area contributed by atoms with E-state index in [4.69, 9.17) is 0 Å². The van der Waals surface area contributed by atoms with Gasteiger partial charge in [-0.1, -0.05) is 77.2 Å². The topological polar surface area (TPSA) is 0 Å². The van der Waals surface area contributed by atoms with Crippen molar-refractivity contribution in [3.05, 3.63) is 71.7 Å². The lowest BCUT2D eigenvalue weighted by Crippen LogP contribution is -2.08. The molecule has 21 heavy (non-hydrogen) atoms. The van der Waals surface area contributed by atoms with Gasteiger partial charge in [0.1, 0.15) is 5.83 Å². The predicted octanol–water partition coefficient (Wildman–Crippen LogP) is 6.08. The summed E-state index contributed by atoms with van der Waals surface area (Å²) >= 11 is 0. The Morgan fingerprint density at radius 3 is 2.14 bits per heavy atom. The summed E-state index contributed by atoms with van der Waals surface area (Å²) in [5, 5.41) is 0. The lowest BCUT2D eigenvalue weighted by molar-refractivity contribution is 0.579. The molecule has 0 bridgehead atoms. The highest BCUT2D eigenvalue weighted by atomic mass is 19.1. The van der Waals surface area contributed by atoms with E-state index in [1.54, 1.807) is 12.2 Å². The Kier molecular flexibility index (Phi) is 4.22. The van der Waals surface area contributed by atoms with Gasteiger partial charge in [-0.15, -0.1) is 0 Å². The van der Waals surface area contributed by atoms with E-state index < -0.39 is 0 Å². The molecule has 0 aliphatic heterocycles.